The van der Waals surface area contributed by atoms with Crippen molar-refractivity contribution in [2.24, 2.45) is 0 Å². The third-order valence-electron chi connectivity index (χ3n) is 4.74. The van der Waals surface area contributed by atoms with Crippen LogP contribution in [0.25, 0.3) is 0 Å². The zero-order chi connectivity index (χ0) is 18.9. The molecular weight excluding hydrogens is 416 g/mol. The SMILES string of the molecule is COc1ccccc1N1CCN(S(=O)(=O)c2cc(C)c(Br)cc2C)CC1. The van der Waals surface area contributed by atoms with Crippen LogP contribution in [-0.2, 0) is 10.0 Å². The fourth-order valence-corrected chi connectivity index (χ4v) is 5.40. The lowest BCUT2D eigenvalue weighted by Gasteiger charge is -2.36. The van der Waals surface area contributed by atoms with Crippen LogP contribution in [0.4, 0.5) is 5.69 Å². The maximum Gasteiger partial charge on any atom is 0.243 e. The first-order valence-electron chi connectivity index (χ1n) is 8.49. The highest BCUT2D eigenvalue weighted by Crippen LogP contribution is 2.30. The van der Waals surface area contributed by atoms with Gasteiger partial charge in [-0.3, -0.25) is 0 Å². The van der Waals surface area contributed by atoms with Gasteiger partial charge in [0.2, 0.25) is 10.0 Å². The number of nitrogens with zero attached hydrogens (tertiary/aromatic N) is 2. The molecule has 1 aliphatic heterocycles. The van der Waals surface area contributed by atoms with E-state index >= 15 is 0 Å². The van der Waals surface area contributed by atoms with Gasteiger partial charge in [-0.25, -0.2) is 8.42 Å². The Labute approximate surface area is 163 Å². The molecule has 26 heavy (non-hydrogen) atoms. The molecule has 1 fully saturated rings. The Kier molecular flexibility index (Phi) is 5.60. The lowest BCUT2D eigenvalue weighted by molar-refractivity contribution is 0.378. The standard InChI is InChI=1S/C19H23BrN2O3S/c1-14-13-19(15(2)12-16(14)20)26(23,24)22-10-8-21(9-11-22)17-6-4-5-7-18(17)25-3/h4-7,12-13H,8-11H2,1-3H3. The van der Waals surface area contributed by atoms with E-state index in [1.165, 1.54) is 0 Å². The first-order chi connectivity index (χ1) is 12.3. The molecule has 0 spiro atoms. The minimum atomic E-state index is -3.50. The number of para-hydroxylation sites is 2. The van der Waals surface area contributed by atoms with Gasteiger partial charge < -0.3 is 9.64 Å². The highest BCUT2D eigenvalue weighted by Gasteiger charge is 2.30. The van der Waals surface area contributed by atoms with E-state index in [0.717, 1.165) is 27.0 Å². The van der Waals surface area contributed by atoms with Crippen molar-refractivity contribution in [1.29, 1.82) is 0 Å². The topological polar surface area (TPSA) is 49.9 Å². The Morgan fingerprint density at radius 3 is 2.31 bits per heavy atom. The highest BCUT2D eigenvalue weighted by molar-refractivity contribution is 9.10. The summed E-state index contributed by atoms with van der Waals surface area (Å²) in [5.41, 5.74) is 2.68. The van der Waals surface area contributed by atoms with Crippen LogP contribution in [0.2, 0.25) is 0 Å². The number of hydrogen-bond acceptors (Lipinski definition) is 4. The highest BCUT2D eigenvalue weighted by atomic mass is 79.9. The molecule has 5 nitrogen and oxygen atoms in total. The average Bonchev–Trinajstić information content (AvgIpc) is 2.64. The number of anilines is 1. The van der Waals surface area contributed by atoms with Crippen LogP contribution < -0.4 is 9.64 Å². The van der Waals surface area contributed by atoms with Crippen molar-refractivity contribution in [1.82, 2.24) is 4.31 Å². The van der Waals surface area contributed by atoms with Gasteiger partial charge in [0, 0.05) is 30.7 Å². The molecular formula is C19H23BrN2O3S. The van der Waals surface area contributed by atoms with Gasteiger partial charge in [0.15, 0.2) is 0 Å². The van der Waals surface area contributed by atoms with Crippen LogP contribution in [0.1, 0.15) is 11.1 Å². The second kappa shape index (κ2) is 7.58. The first-order valence-corrected chi connectivity index (χ1v) is 10.7. The molecule has 0 N–H and O–H groups in total. The normalized spacial score (nSPS) is 15.9. The predicted molar refractivity (Wildman–Crippen MR) is 108 cm³/mol. The van der Waals surface area contributed by atoms with Gasteiger partial charge in [0.05, 0.1) is 17.7 Å². The third kappa shape index (κ3) is 3.61. The molecule has 1 saturated heterocycles. The second-order valence-electron chi connectivity index (χ2n) is 6.43. The lowest BCUT2D eigenvalue weighted by atomic mass is 10.2. The Hall–Kier alpha value is -1.57. The number of rotatable bonds is 4. The number of methoxy groups -OCH3 is 1. The first kappa shape index (κ1) is 19.2. The van der Waals surface area contributed by atoms with Gasteiger partial charge in [0.1, 0.15) is 5.75 Å². The summed E-state index contributed by atoms with van der Waals surface area (Å²) < 4.78 is 34.1. The number of piperazine rings is 1. The molecule has 0 aromatic heterocycles. The van der Waals surface area contributed by atoms with Gasteiger partial charge in [0.25, 0.3) is 0 Å². The van der Waals surface area contributed by atoms with Crippen LogP contribution in [0, 0.1) is 13.8 Å². The van der Waals surface area contributed by atoms with Crippen molar-refractivity contribution in [2.45, 2.75) is 18.7 Å². The smallest absolute Gasteiger partial charge is 0.243 e. The predicted octanol–water partition coefficient (Wildman–Crippen LogP) is 3.59. The van der Waals surface area contributed by atoms with Crippen LogP contribution in [0.5, 0.6) is 5.75 Å². The monoisotopic (exact) mass is 438 g/mol. The minimum absolute atomic E-state index is 0.393. The summed E-state index contributed by atoms with van der Waals surface area (Å²) in [7, 11) is -1.85. The maximum atomic E-state index is 13.1. The van der Waals surface area contributed by atoms with E-state index in [9.17, 15) is 8.42 Å². The summed E-state index contributed by atoms with van der Waals surface area (Å²) >= 11 is 3.46. The molecule has 2 aromatic rings. The van der Waals surface area contributed by atoms with Crippen LogP contribution >= 0.6 is 15.9 Å². The van der Waals surface area contributed by atoms with Crippen LogP contribution in [-0.4, -0.2) is 46.0 Å². The van der Waals surface area contributed by atoms with E-state index < -0.39 is 10.0 Å². The summed E-state index contributed by atoms with van der Waals surface area (Å²) in [6.07, 6.45) is 0. The van der Waals surface area contributed by atoms with Crippen molar-refractivity contribution < 1.29 is 13.2 Å². The molecule has 1 heterocycles. The molecule has 2 aromatic carbocycles. The number of ether oxygens (including phenoxy) is 1. The van der Waals surface area contributed by atoms with E-state index in [1.807, 2.05) is 44.2 Å². The molecule has 0 radical (unpaired) electrons. The number of hydrogen-bond donors (Lipinski definition) is 0. The number of halogens is 1. The molecule has 1 aliphatic rings. The van der Waals surface area contributed by atoms with E-state index in [-0.39, 0.29) is 0 Å². The summed E-state index contributed by atoms with van der Waals surface area (Å²) in [6.45, 7) is 5.91. The lowest BCUT2D eigenvalue weighted by Crippen LogP contribution is -2.48. The van der Waals surface area contributed by atoms with E-state index in [2.05, 4.69) is 20.8 Å². The van der Waals surface area contributed by atoms with E-state index in [1.54, 1.807) is 17.5 Å². The summed E-state index contributed by atoms with van der Waals surface area (Å²) in [5.74, 6) is 0.809. The minimum Gasteiger partial charge on any atom is -0.495 e. The Bertz CT molecular complexity index is 907. The fourth-order valence-electron chi connectivity index (χ4n) is 3.23. The van der Waals surface area contributed by atoms with Gasteiger partial charge in [-0.15, -0.1) is 0 Å². The van der Waals surface area contributed by atoms with Crippen molar-refractivity contribution >= 4 is 31.6 Å². The molecule has 0 unspecified atom stereocenters. The van der Waals surface area contributed by atoms with Gasteiger partial charge in [-0.2, -0.15) is 4.31 Å². The average molecular weight is 439 g/mol. The molecule has 0 aliphatic carbocycles. The number of sulfonamides is 1. The summed E-state index contributed by atoms with van der Waals surface area (Å²) in [6, 6.07) is 11.4. The molecule has 0 atom stereocenters. The molecule has 0 saturated carbocycles. The molecule has 0 bridgehead atoms. The van der Waals surface area contributed by atoms with Crippen molar-refractivity contribution in [2.75, 3.05) is 38.2 Å². The zero-order valence-corrected chi connectivity index (χ0v) is 17.6. The van der Waals surface area contributed by atoms with Crippen molar-refractivity contribution in [3.8, 4) is 5.75 Å². The number of benzene rings is 2. The van der Waals surface area contributed by atoms with Crippen molar-refractivity contribution in [3.63, 3.8) is 0 Å². The third-order valence-corrected chi connectivity index (χ3v) is 7.63. The second-order valence-corrected chi connectivity index (χ2v) is 9.19. The zero-order valence-electron chi connectivity index (χ0n) is 15.2. The Balaban J connectivity index is 1.80. The van der Waals surface area contributed by atoms with Gasteiger partial charge >= 0.3 is 0 Å². The van der Waals surface area contributed by atoms with E-state index in [4.69, 9.17) is 4.74 Å². The van der Waals surface area contributed by atoms with E-state index in [0.29, 0.717) is 31.1 Å². The molecule has 0 amide bonds. The van der Waals surface area contributed by atoms with Crippen molar-refractivity contribution in [3.05, 3.63) is 52.0 Å². The Morgan fingerprint density at radius 1 is 1.00 bits per heavy atom. The van der Waals surface area contributed by atoms with Gasteiger partial charge in [-0.1, -0.05) is 28.1 Å². The molecule has 3 rings (SSSR count). The maximum absolute atomic E-state index is 13.1. The molecule has 7 heteroatoms. The Morgan fingerprint density at radius 2 is 1.65 bits per heavy atom. The number of aryl methyl sites for hydroxylation is 2. The van der Waals surface area contributed by atoms with Crippen LogP contribution in [0.15, 0.2) is 45.8 Å². The molecule has 140 valence electrons. The fraction of sp³-hybridized carbons (Fsp3) is 0.368. The van der Waals surface area contributed by atoms with Gasteiger partial charge in [-0.05, 0) is 49.2 Å². The largest absolute Gasteiger partial charge is 0.495 e. The van der Waals surface area contributed by atoms with Crippen LogP contribution in [0.3, 0.4) is 0 Å². The quantitative estimate of drug-likeness (QED) is 0.731. The summed E-state index contributed by atoms with van der Waals surface area (Å²) in [4.78, 5) is 2.56. The summed E-state index contributed by atoms with van der Waals surface area (Å²) in [5, 5.41) is 0.